The van der Waals surface area contributed by atoms with Crippen LogP contribution in [0, 0.1) is 0 Å². The minimum Gasteiger partial charge on any atom is -0.497 e. The van der Waals surface area contributed by atoms with Crippen LogP contribution in [-0.4, -0.2) is 32.8 Å². The van der Waals surface area contributed by atoms with Gasteiger partial charge in [-0.3, -0.25) is 0 Å². The SMILES string of the molecule is COc1cccc([C@H](CNC(=O)NC2CCCC2)OC)c1. The quantitative estimate of drug-likeness (QED) is 0.847. The zero-order valence-corrected chi connectivity index (χ0v) is 12.7. The van der Waals surface area contributed by atoms with Gasteiger partial charge in [-0.15, -0.1) is 0 Å². The van der Waals surface area contributed by atoms with E-state index in [0.717, 1.165) is 24.2 Å². The van der Waals surface area contributed by atoms with Gasteiger partial charge in [0.1, 0.15) is 5.75 Å². The van der Waals surface area contributed by atoms with E-state index in [1.54, 1.807) is 14.2 Å². The van der Waals surface area contributed by atoms with E-state index in [2.05, 4.69) is 10.6 Å². The first-order chi connectivity index (χ1) is 10.2. The Morgan fingerprint density at radius 2 is 2.10 bits per heavy atom. The number of nitrogens with one attached hydrogen (secondary N) is 2. The van der Waals surface area contributed by atoms with Crippen LogP contribution in [-0.2, 0) is 4.74 Å². The highest BCUT2D eigenvalue weighted by Crippen LogP contribution is 2.21. The Kier molecular flexibility index (Phi) is 5.87. The van der Waals surface area contributed by atoms with E-state index >= 15 is 0 Å². The number of carbonyl (C=O) groups is 1. The van der Waals surface area contributed by atoms with Crippen molar-refractivity contribution in [2.75, 3.05) is 20.8 Å². The minimum absolute atomic E-state index is 0.119. The van der Waals surface area contributed by atoms with Gasteiger partial charge < -0.3 is 20.1 Å². The second-order valence-electron chi connectivity index (χ2n) is 5.34. The summed E-state index contributed by atoms with van der Waals surface area (Å²) in [5.41, 5.74) is 0.984. The molecule has 0 unspecified atom stereocenters. The fraction of sp³-hybridized carbons (Fsp3) is 0.562. The third-order valence-electron chi connectivity index (χ3n) is 3.89. The summed E-state index contributed by atoms with van der Waals surface area (Å²) >= 11 is 0. The first kappa shape index (κ1) is 15.6. The molecule has 1 fully saturated rings. The molecule has 2 rings (SSSR count). The molecule has 0 radical (unpaired) electrons. The fourth-order valence-electron chi connectivity index (χ4n) is 2.67. The number of carbonyl (C=O) groups excluding carboxylic acids is 1. The molecule has 0 saturated heterocycles. The Morgan fingerprint density at radius 1 is 1.33 bits per heavy atom. The van der Waals surface area contributed by atoms with Crippen molar-refractivity contribution in [3.05, 3.63) is 29.8 Å². The van der Waals surface area contributed by atoms with Gasteiger partial charge in [-0.25, -0.2) is 4.79 Å². The predicted molar refractivity (Wildman–Crippen MR) is 81.5 cm³/mol. The molecule has 1 saturated carbocycles. The van der Waals surface area contributed by atoms with Crippen molar-refractivity contribution in [3.8, 4) is 5.75 Å². The van der Waals surface area contributed by atoms with Gasteiger partial charge in [0.05, 0.1) is 13.2 Å². The van der Waals surface area contributed by atoms with Crippen LogP contribution in [0.4, 0.5) is 4.79 Å². The smallest absolute Gasteiger partial charge is 0.315 e. The third kappa shape index (κ3) is 4.63. The van der Waals surface area contributed by atoms with Crippen LogP contribution < -0.4 is 15.4 Å². The average Bonchev–Trinajstić information content (AvgIpc) is 3.01. The van der Waals surface area contributed by atoms with Gasteiger partial charge >= 0.3 is 6.03 Å². The van der Waals surface area contributed by atoms with E-state index in [0.29, 0.717) is 12.6 Å². The number of hydrogen-bond acceptors (Lipinski definition) is 3. The van der Waals surface area contributed by atoms with Gasteiger partial charge in [-0.1, -0.05) is 25.0 Å². The van der Waals surface area contributed by atoms with Gasteiger partial charge in [0, 0.05) is 19.7 Å². The Morgan fingerprint density at radius 3 is 2.76 bits per heavy atom. The zero-order valence-electron chi connectivity index (χ0n) is 12.7. The largest absolute Gasteiger partial charge is 0.497 e. The Balaban J connectivity index is 1.85. The highest BCUT2D eigenvalue weighted by molar-refractivity contribution is 5.74. The van der Waals surface area contributed by atoms with Crippen LogP contribution in [0.15, 0.2) is 24.3 Å². The summed E-state index contributed by atoms with van der Waals surface area (Å²) in [6, 6.07) is 7.89. The summed E-state index contributed by atoms with van der Waals surface area (Å²) in [4.78, 5) is 11.9. The molecule has 116 valence electrons. The zero-order chi connectivity index (χ0) is 15.1. The number of ether oxygens (including phenoxy) is 2. The van der Waals surface area contributed by atoms with Crippen molar-refractivity contribution in [2.24, 2.45) is 0 Å². The van der Waals surface area contributed by atoms with Crippen LogP contribution in [0.2, 0.25) is 0 Å². The van der Waals surface area contributed by atoms with Gasteiger partial charge in [-0.05, 0) is 30.5 Å². The van der Waals surface area contributed by atoms with Crippen LogP contribution >= 0.6 is 0 Å². The van der Waals surface area contributed by atoms with Crippen LogP contribution in [0.25, 0.3) is 0 Å². The molecule has 0 aromatic heterocycles. The second-order valence-corrected chi connectivity index (χ2v) is 5.34. The Hall–Kier alpha value is -1.75. The third-order valence-corrected chi connectivity index (χ3v) is 3.89. The first-order valence-corrected chi connectivity index (χ1v) is 7.44. The lowest BCUT2D eigenvalue weighted by Crippen LogP contribution is -2.42. The molecule has 1 aromatic rings. The lowest BCUT2D eigenvalue weighted by atomic mass is 10.1. The number of benzene rings is 1. The molecule has 2 N–H and O–H groups in total. The topological polar surface area (TPSA) is 59.6 Å². The molecule has 0 bridgehead atoms. The standard InChI is InChI=1S/C16H24N2O3/c1-20-14-9-5-6-12(10-14)15(21-2)11-17-16(19)18-13-7-3-4-8-13/h5-6,9-10,13,15H,3-4,7-8,11H2,1-2H3,(H2,17,18,19)/t15-/m0/s1. The maximum absolute atomic E-state index is 11.9. The monoisotopic (exact) mass is 292 g/mol. The van der Waals surface area contributed by atoms with E-state index in [-0.39, 0.29) is 12.1 Å². The average molecular weight is 292 g/mol. The van der Waals surface area contributed by atoms with Crippen molar-refractivity contribution < 1.29 is 14.3 Å². The summed E-state index contributed by atoms with van der Waals surface area (Å²) in [6.45, 7) is 0.433. The molecule has 1 atom stereocenters. The van der Waals surface area contributed by atoms with Gasteiger partial charge in [0.15, 0.2) is 0 Å². The highest BCUT2D eigenvalue weighted by atomic mass is 16.5. The van der Waals surface area contributed by atoms with Gasteiger partial charge in [0.2, 0.25) is 0 Å². The summed E-state index contributed by atoms with van der Waals surface area (Å²) < 4.78 is 10.7. The van der Waals surface area contributed by atoms with Gasteiger partial charge in [-0.2, -0.15) is 0 Å². The molecule has 0 aliphatic heterocycles. The number of amides is 2. The van der Waals surface area contributed by atoms with E-state index in [4.69, 9.17) is 9.47 Å². The fourth-order valence-corrected chi connectivity index (χ4v) is 2.67. The van der Waals surface area contributed by atoms with Crippen molar-refractivity contribution in [1.29, 1.82) is 0 Å². The molecule has 1 aliphatic rings. The predicted octanol–water partition coefficient (Wildman–Crippen LogP) is 2.62. The molecular weight excluding hydrogens is 268 g/mol. The molecule has 1 aromatic carbocycles. The molecule has 21 heavy (non-hydrogen) atoms. The normalized spacial score (nSPS) is 16.5. The van der Waals surface area contributed by atoms with Crippen LogP contribution in [0.3, 0.4) is 0 Å². The highest BCUT2D eigenvalue weighted by Gasteiger charge is 2.18. The lowest BCUT2D eigenvalue weighted by Gasteiger charge is -2.19. The minimum atomic E-state index is -0.186. The molecule has 1 aliphatic carbocycles. The Labute approximate surface area is 126 Å². The number of rotatable bonds is 6. The maximum Gasteiger partial charge on any atom is 0.315 e. The molecule has 5 heteroatoms. The summed E-state index contributed by atoms with van der Waals surface area (Å²) in [5.74, 6) is 0.782. The first-order valence-electron chi connectivity index (χ1n) is 7.44. The van der Waals surface area contributed by atoms with Crippen molar-refractivity contribution in [2.45, 2.75) is 37.8 Å². The van der Waals surface area contributed by atoms with E-state index < -0.39 is 0 Å². The van der Waals surface area contributed by atoms with Crippen molar-refractivity contribution >= 4 is 6.03 Å². The van der Waals surface area contributed by atoms with E-state index in [1.807, 2.05) is 24.3 Å². The van der Waals surface area contributed by atoms with Crippen LogP contribution in [0.1, 0.15) is 37.4 Å². The Bertz CT molecular complexity index is 459. The van der Waals surface area contributed by atoms with Crippen LogP contribution in [0.5, 0.6) is 5.75 Å². The number of hydrogen-bond donors (Lipinski definition) is 2. The second kappa shape index (κ2) is 7.88. The summed E-state index contributed by atoms with van der Waals surface area (Å²) in [5, 5.41) is 5.88. The summed E-state index contributed by atoms with van der Waals surface area (Å²) in [6.07, 6.45) is 4.38. The van der Waals surface area contributed by atoms with E-state index in [1.165, 1.54) is 12.8 Å². The lowest BCUT2D eigenvalue weighted by molar-refractivity contribution is 0.103. The molecule has 0 heterocycles. The summed E-state index contributed by atoms with van der Waals surface area (Å²) in [7, 11) is 3.27. The molecule has 0 spiro atoms. The molecular formula is C16H24N2O3. The maximum atomic E-state index is 11.9. The molecule has 2 amide bonds. The van der Waals surface area contributed by atoms with Crippen molar-refractivity contribution in [1.82, 2.24) is 10.6 Å². The van der Waals surface area contributed by atoms with Gasteiger partial charge in [0.25, 0.3) is 0 Å². The van der Waals surface area contributed by atoms with Crippen molar-refractivity contribution in [3.63, 3.8) is 0 Å². The number of methoxy groups -OCH3 is 2. The molecule has 5 nitrogen and oxygen atoms in total. The van der Waals surface area contributed by atoms with E-state index in [9.17, 15) is 4.79 Å². The number of urea groups is 1.